The second-order valence-electron chi connectivity index (χ2n) is 6.07. The van der Waals surface area contributed by atoms with Crippen molar-refractivity contribution >= 4 is 23.5 Å². The van der Waals surface area contributed by atoms with Gasteiger partial charge in [-0.1, -0.05) is 43.5 Å². The van der Waals surface area contributed by atoms with Crippen LogP contribution in [0.2, 0.25) is 5.02 Å². The van der Waals surface area contributed by atoms with E-state index in [1.54, 1.807) is 12.1 Å². The molecule has 1 N–H and O–H groups in total. The third-order valence-corrected chi connectivity index (χ3v) is 4.97. The van der Waals surface area contributed by atoms with Gasteiger partial charge < -0.3 is 5.32 Å². The lowest BCUT2D eigenvalue weighted by molar-refractivity contribution is -0.134. The average molecular weight is 307 g/mol. The number of nitrogens with zero attached hydrogens (tertiary/aromatic N) is 1. The SMILES string of the molecule is C[C@@H]1CCCC[C@]12NC(=O)N(Cc1cccc(Cl)c1)C2=O. The number of nitrogens with one attached hydrogen (secondary N) is 1. The van der Waals surface area contributed by atoms with Gasteiger partial charge in [-0.15, -0.1) is 0 Å². The first-order chi connectivity index (χ1) is 10.0. The zero-order valence-electron chi connectivity index (χ0n) is 12.1. The lowest BCUT2D eigenvalue weighted by atomic mass is 9.73. The van der Waals surface area contributed by atoms with Crippen molar-refractivity contribution in [3.05, 3.63) is 34.9 Å². The Bertz CT molecular complexity index is 589. The van der Waals surface area contributed by atoms with Crippen LogP contribution in [0, 0.1) is 5.92 Å². The lowest BCUT2D eigenvalue weighted by Crippen LogP contribution is -2.53. The monoisotopic (exact) mass is 306 g/mol. The molecule has 2 aliphatic rings. The number of halogens is 1. The van der Waals surface area contributed by atoms with Crippen molar-refractivity contribution in [3.63, 3.8) is 0 Å². The normalized spacial score (nSPS) is 29.0. The van der Waals surface area contributed by atoms with Gasteiger partial charge in [0, 0.05) is 5.02 Å². The summed E-state index contributed by atoms with van der Waals surface area (Å²) >= 11 is 5.96. The molecule has 1 aliphatic carbocycles. The fourth-order valence-electron chi connectivity index (χ4n) is 3.46. The molecule has 3 amide bonds. The van der Waals surface area contributed by atoms with E-state index in [1.165, 1.54) is 4.90 Å². The second kappa shape index (κ2) is 5.34. The van der Waals surface area contributed by atoms with E-state index in [1.807, 2.05) is 12.1 Å². The van der Waals surface area contributed by atoms with E-state index in [-0.39, 0.29) is 24.4 Å². The van der Waals surface area contributed by atoms with Crippen molar-refractivity contribution in [1.82, 2.24) is 10.2 Å². The largest absolute Gasteiger partial charge is 0.325 e. The number of hydrogen-bond donors (Lipinski definition) is 1. The quantitative estimate of drug-likeness (QED) is 0.852. The third kappa shape index (κ3) is 2.42. The van der Waals surface area contributed by atoms with Gasteiger partial charge in [0.15, 0.2) is 0 Å². The summed E-state index contributed by atoms with van der Waals surface area (Å²) in [5, 5.41) is 3.57. The Morgan fingerprint density at radius 1 is 1.38 bits per heavy atom. The van der Waals surface area contributed by atoms with E-state index < -0.39 is 5.54 Å². The molecule has 4 nitrogen and oxygen atoms in total. The Morgan fingerprint density at radius 3 is 2.90 bits per heavy atom. The first-order valence-electron chi connectivity index (χ1n) is 7.41. The van der Waals surface area contributed by atoms with Crippen LogP contribution < -0.4 is 5.32 Å². The predicted octanol–water partition coefficient (Wildman–Crippen LogP) is 3.34. The second-order valence-corrected chi connectivity index (χ2v) is 6.51. The lowest BCUT2D eigenvalue weighted by Gasteiger charge is -2.36. The fraction of sp³-hybridized carbons (Fsp3) is 0.500. The Hall–Kier alpha value is -1.55. The Morgan fingerprint density at radius 2 is 2.19 bits per heavy atom. The van der Waals surface area contributed by atoms with Gasteiger partial charge in [-0.2, -0.15) is 0 Å². The van der Waals surface area contributed by atoms with Crippen LogP contribution in [0.4, 0.5) is 4.79 Å². The summed E-state index contributed by atoms with van der Waals surface area (Å²) in [5.41, 5.74) is 0.181. The average Bonchev–Trinajstić information content (AvgIpc) is 2.68. The Balaban J connectivity index is 1.84. The van der Waals surface area contributed by atoms with Crippen molar-refractivity contribution in [3.8, 4) is 0 Å². The first-order valence-corrected chi connectivity index (χ1v) is 7.79. The van der Waals surface area contributed by atoms with Crippen molar-refractivity contribution in [2.45, 2.75) is 44.7 Å². The van der Waals surface area contributed by atoms with Crippen LogP contribution >= 0.6 is 11.6 Å². The molecule has 1 aromatic carbocycles. The van der Waals surface area contributed by atoms with Gasteiger partial charge >= 0.3 is 6.03 Å². The molecule has 1 aliphatic heterocycles. The smallest absolute Gasteiger partial charge is 0.323 e. The van der Waals surface area contributed by atoms with E-state index >= 15 is 0 Å². The molecule has 1 saturated heterocycles. The molecule has 112 valence electrons. The first kappa shape index (κ1) is 14.4. The zero-order chi connectivity index (χ0) is 15.0. The van der Waals surface area contributed by atoms with E-state index in [4.69, 9.17) is 11.6 Å². The highest BCUT2D eigenvalue weighted by atomic mass is 35.5. The molecule has 5 heteroatoms. The molecule has 0 bridgehead atoms. The minimum atomic E-state index is -0.687. The van der Waals surface area contributed by atoms with Gasteiger partial charge in [-0.05, 0) is 36.5 Å². The predicted molar refractivity (Wildman–Crippen MR) is 80.9 cm³/mol. The van der Waals surface area contributed by atoms with Gasteiger partial charge in [0.25, 0.3) is 5.91 Å². The summed E-state index contributed by atoms with van der Waals surface area (Å²) in [4.78, 5) is 26.4. The van der Waals surface area contributed by atoms with Crippen LogP contribution in [0.3, 0.4) is 0 Å². The summed E-state index contributed by atoms with van der Waals surface area (Å²) in [5.74, 6) is 0.103. The number of benzene rings is 1. The Labute approximate surface area is 129 Å². The van der Waals surface area contributed by atoms with Crippen molar-refractivity contribution in [1.29, 1.82) is 0 Å². The summed E-state index contributed by atoms with van der Waals surface area (Å²) in [6.45, 7) is 2.33. The summed E-state index contributed by atoms with van der Waals surface area (Å²) in [6.07, 6.45) is 3.84. The minimum absolute atomic E-state index is 0.0836. The topological polar surface area (TPSA) is 49.4 Å². The molecule has 21 heavy (non-hydrogen) atoms. The fourth-order valence-corrected chi connectivity index (χ4v) is 3.67. The van der Waals surface area contributed by atoms with Gasteiger partial charge in [0.05, 0.1) is 6.54 Å². The highest BCUT2D eigenvalue weighted by molar-refractivity contribution is 6.30. The van der Waals surface area contributed by atoms with Crippen LogP contribution in [-0.2, 0) is 11.3 Å². The molecular formula is C16H19ClN2O2. The summed E-state index contributed by atoms with van der Waals surface area (Å²) < 4.78 is 0. The number of imide groups is 1. The van der Waals surface area contributed by atoms with Crippen LogP contribution in [0.25, 0.3) is 0 Å². The molecule has 1 spiro atoms. The van der Waals surface area contributed by atoms with Crippen molar-refractivity contribution in [2.75, 3.05) is 0 Å². The minimum Gasteiger partial charge on any atom is -0.323 e. The Kier molecular flexibility index (Phi) is 3.66. The van der Waals surface area contributed by atoms with Crippen LogP contribution in [0.15, 0.2) is 24.3 Å². The van der Waals surface area contributed by atoms with Crippen LogP contribution in [-0.4, -0.2) is 22.4 Å². The van der Waals surface area contributed by atoms with Gasteiger partial charge in [-0.3, -0.25) is 9.69 Å². The number of carbonyl (C=O) groups is 2. The summed E-state index contributed by atoms with van der Waals surface area (Å²) in [7, 11) is 0. The van der Waals surface area contributed by atoms with Crippen LogP contribution in [0.1, 0.15) is 38.2 Å². The van der Waals surface area contributed by atoms with E-state index in [0.717, 1.165) is 31.2 Å². The highest BCUT2D eigenvalue weighted by Crippen LogP contribution is 2.38. The summed E-state index contributed by atoms with van der Waals surface area (Å²) in [6, 6.07) is 6.99. The molecule has 0 aromatic heterocycles. The molecule has 1 saturated carbocycles. The number of urea groups is 1. The number of amides is 3. The van der Waals surface area contributed by atoms with E-state index in [0.29, 0.717) is 5.02 Å². The van der Waals surface area contributed by atoms with Gasteiger partial charge in [0.1, 0.15) is 5.54 Å². The molecule has 1 heterocycles. The standard InChI is InChI=1S/C16H19ClN2O2/c1-11-5-2-3-8-16(11)14(20)19(15(21)18-16)10-12-6-4-7-13(17)9-12/h4,6-7,9,11H,2-3,5,8,10H2,1H3,(H,18,21)/t11-,16+/m1/s1. The molecule has 2 atom stereocenters. The molecule has 0 unspecified atom stereocenters. The maximum absolute atomic E-state index is 12.8. The van der Waals surface area contributed by atoms with Gasteiger partial charge in [0.2, 0.25) is 0 Å². The zero-order valence-corrected chi connectivity index (χ0v) is 12.8. The van der Waals surface area contributed by atoms with E-state index in [9.17, 15) is 9.59 Å². The third-order valence-electron chi connectivity index (χ3n) is 4.73. The van der Waals surface area contributed by atoms with E-state index in [2.05, 4.69) is 12.2 Å². The number of rotatable bonds is 2. The molecular weight excluding hydrogens is 288 g/mol. The van der Waals surface area contributed by atoms with Gasteiger partial charge in [-0.25, -0.2) is 4.79 Å². The van der Waals surface area contributed by atoms with Crippen LogP contribution in [0.5, 0.6) is 0 Å². The maximum atomic E-state index is 12.8. The molecule has 1 aromatic rings. The highest BCUT2D eigenvalue weighted by Gasteiger charge is 2.54. The maximum Gasteiger partial charge on any atom is 0.325 e. The van der Waals surface area contributed by atoms with Crippen molar-refractivity contribution < 1.29 is 9.59 Å². The molecule has 2 fully saturated rings. The molecule has 0 radical (unpaired) electrons. The number of hydrogen-bond acceptors (Lipinski definition) is 2. The molecule has 3 rings (SSSR count). The van der Waals surface area contributed by atoms with Crippen molar-refractivity contribution in [2.24, 2.45) is 5.92 Å². The number of carbonyl (C=O) groups excluding carboxylic acids is 2.